The van der Waals surface area contributed by atoms with Crippen LogP contribution >= 0.6 is 11.8 Å². The molecule has 2 aromatic carbocycles. The van der Waals surface area contributed by atoms with Gasteiger partial charge in [0.1, 0.15) is 5.75 Å². The van der Waals surface area contributed by atoms with Crippen molar-refractivity contribution < 1.29 is 9.53 Å². The van der Waals surface area contributed by atoms with Crippen molar-refractivity contribution in [2.75, 3.05) is 12.9 Å². The summed E-state index contributed by atoms with van der Waals surface area (Å²) in [5, 5.41) is 9.38. The summed E-state index contributed by atoms with van der Waals surface area (Å²) in [6.45, 7) is 6.81. The molecule has 0 aliphatic heterocycles. The van der Waals surface area contributed by atoms with Crippen LogP contribution in [0.4, 0.5) is 0 Å². The monoisotopic (exact) mass is 381 g/mol. The molecule has 3 rings (SSSR count). The van der Waals surface area contributed by atoms with Gasteiger partial charge >= 0.3 is 0 Å². The highest BCUT2D eigenvalue weighted by atomic mass is 32.2. The first-order chi connectivity index (χ1) is 13.0. The van der Waals surface area contributed by atoms with Crippen LogP contribution in [0.5, 0.6) is 5.75 Å². The Morgan fingerprint density at radius 2 is 1.89 bits per heavy atom. The van der Waals surface area contributed by atoms with Crippen molar-refractivity contribution in [3.8, 4) is 17.1 Å². The molecule has 3 aromatic rings. The van der Waals surface area contributed by atoms with Crippen molar-refractivity contribution in [3.63, 3.8) is 0 Å². The summed E-state index contributed by atoms with van der Waals surface area (Å²) in [6.07, 6.45) is 0. The van der Waals surface area contributed by atoms with E-state index < -0.39 is 0 Å². The third kappa shape index (κ3) is 4.06. The molecule has 0 unspecified atom stereocenters. The Morgan fingerprint density at radius 3 is 2.59 bits per heavy atom. The first-order valence-electron chi connectivity index (χ1n) is 8.85. The van der Waals surface area contributed by atoms with Crippen LogP contribution < -0.4 is 4.74 Å². The van der Waals surface area contributed by atoms with E-state index in [0.29, 0.717) is 12.3 Å². The molecule has 5 nitrogen and oxygen atoms in total. The molecule has 0 amide bonds. The average Bonchev–Trinajstić information content (AvgIpc) is 3.10. The molecular formula is C21H23N3O2S. The third-order valence-electron chi connectivity index (χ3n) is 4.54. The van der Waals surface area contributed by atoms with Crippen molar-refractivity contribution in [1.29, 1.82) is 0 Å². The van der Waals surface area contributed by atoms with E-state index in [4.69, 9.17) is 4.74 Å². The lowest BCUT2D eigenvalue weighted by molar-refractivity contribution is 0.102. The highest BCUT2D eigenvalue weighted by Crippen LogP contribution is 2.31. The Bertz CT molecular complexity index is 966. The maximum absolute atomic E-state index is 12.6. The van der Waals surface area contributed by atoms with E-state index in [1.54, 1.807) is 7.11 Å². The van der Waals surface area contributed by atoms with Crippen LogP contribution in [0, 0.1) is 13.8 Å². The standard InChI is InChI=1S/C21H23N3O2S/c1-5-24-20(17-8-6-7-9-19(17)26-4)22-23-21(24)27-13-18(25)16-11-10-14(2)15(3)12-16/h6-12H,5,13H2,1-4H3. The largest absolute Gasteiger partial charge is 0.496 e. The van der Waals surface area contributed by atoms with Crippen LogP contribution in [-0.2, 0) is 6.54 Å². The summed E-state index contributed by atoms with van der Waals surface area (Å²) < 4.78 is 7.45. The molecule has 1 aromatic heterocycles. The number of hydrogen-bond donors (Lipinski definition) is 0. The van der Waals surface area contributed by atoms with Crippen molar-refractivity contribution >= 4 is 17.5 Å². The summed E-state index contributed by atoms with van der Waals surface area (Å²) in [5.74, 6) is 1.91. The SMILES string of the molecule is CCn1c(SCC(=O)c2ccc(C)c(C)c2)nnc1-c1ccccc1OC. The van der Waals surface area contributed by atoms with Gasteiger partial charge in [-0.25, -0.2) is 0 Å². The predicted molar refractivity (Wildman–Crippen MR) is 109 cm³/mol. The molecule has 0 saturated carbocycles. The zero-order valence-electron chi connectivity index (χ0n) is 16.0. The Kier molecular flexibility index (Phi) is 5.96. The second-order valence-electron chi connectivity index (χ2n) is 6.26. The van der Waals surface area contributed by atoms with Gasteiger partial charge in [0.15, 0.2) is 16.8 Å². The number of benzene rings is 2. The highest BCUT2D eigenvalue weighted by molar-refractivity contribution is 7.99. The van der Waals surface area contributed by atoms with Gasteiger partial charge in [-0.2, -0.15) is 0 Å². The number of rotatable bonds is 7. The van der Waals surface area contributed by atoms with Gasteiger partial charge < -0.3 is 9.30 Å². The van der Waals surface area contributed by atoms with Crippen molar-refractivity contribution in [2.45, 2.75) is 32.5 Å². The summed E-state index contributed by atoms with van der Waals surface area (Å²) in [4.78, 5) is 12.6. The Hall–Kier alpha value is -2.60. The molecule has 0 atom stereocenters. The van der Waals surface area contributed by atoms with E-state index in [2.05, 4.69) is 10.2 Å². The minimum absolute atomic E-state index is 0.0904. The summed E-state index contributed by atoms with van der Waals surface area (Å²) in [5.41, 5.74) is 3.94. The number of carbonyl (C=O) groups excluding carboxylic acids is 1. The number of ketones is 1. The van der Waals surface area contributed by atoms with Gasteiger partial charge in [-0.15, -0.1) is 10.2 Å². The van der Waals surface area contributed by atoms with Gasteiger partial charge in [-0.3, -0.25) is 4.79 Å². The van der Waals surface area contributed by atoms with Crippen LogP contribution in [0.25, 0.3) is 11.4 Å². The Labute approximate surface area is 163 Å². The summed E-state index contributed by atoms with van der Waals surface area (Å²) >= 11 is 1.41. The quantitative estimate of drug-likeness (QED) is 0.443. The van der Waals surface area contributed by atoms with Gasteiger partial charge in [-0.05, 0) is 50.1 Å². The van der Waals surface area contributed by atoms with E-state index in [0.717, 1.165) is 33.4 Å². The topological polar surface area (TPSA) is 57.0 Å². The smallest absolute Gasteiger partial charge is 0.191 e. The molecule has 0 N–H and O–H groups in total. The lowest BCUT2D eigenvalue weighted by Crippen LogP contribution is -2.06. The number of Topliss-reactive ketones (excluding diaryl/α,β-unsaturated/α-hetero) is 1. The van der Waals surface area contributed by atoms with E-state index in [-0.39, 0.29) is 5.78 Å². The Balaban J connectivity index is 1.81. The van der Waals surface area contributed by atoms with E-state index >= 15 is 0 Å². The molecule has 0 aliphatic rings. The maximum atomic E-state index is 12.6. The molecule has 27 heavy (non-hydrogen) atoms. The van der Waals surface area contributed by atoms with E-state index in [1.807, 2.05) is 67.8 Å². The fourth-order valence-corrected chi connectivity index (χ4v) is 3.73. The molecule has 0 radical (unpaired) electrons. The Morgan fingerprint density at radius 1 is 1.11 bits per heavy atom. The van der Waals surface area contributed by atoms with Crippen LogP contribution in [0.1, 0.15) is 28.4 Å². The maximum Gasteiger partial charge on any atom is 0.191 e. The predicted octanol–water partition coefficient (Wildman–Crippen LogP) is 4.57. The lowest BCUT2D eigenvalue weighted by Gasteiger charge is -2.10. The minimum atomic E-state index is 0.0904. The van der Waals surface area contributed by atoms with E-state index in [9.17, 15) is 4.79 Å². The molecule has 0 bridgehead atoms. The number of ether oxygens (including phenoxy) is 1. The molecular weight excluding hydrogens is 358 g/mol. The van der Waals surface area contributed by atoms with Crippen molar-refractivity contribution in [1.82, 2.24) is 14.8 Å². The molecule has 0 spiro atoms. The fourth-order valence-electron chi connectivity index (χ4n) is 2.84. The number of aryl methyl sites for hydroxylation is 2. The molecule has 140 valence electrons. The van der Waals surface area contributed by atoms with Crippen molar-refractivity contribution in [3.05, 3.63) is 59.2 Å². The molecule has 6 heteroatoms. The second-order valence-corrected chi connectivity index (χ2v) is 7.20. The normalized spacial score (nSPS) is 10.8. The summed E-state index contributed by atoms with van der Waals surface area (Å²) in [7, 11) is 1.64. The van der Waals surface area contributed by atoms with Gasteiger partial charge in [0, 0.05) is 12.1 Å². The second kappa shape index (κ2) is 8.39. The van der Waals surface area contributed by atoms with Crippen LogP contribution in [0.2, 0.25) is 0 Å². The number of para-hydroxylation sites is 1. The zero-order chi connectivity index (χ0) is 19.4. The van der Waals surface area contributed by atoms with Crippen molar-refractivity contribution in [2.24, 2.45) is 0 Å². The number of carbonyl (C=O) groups is 1. The van der Waals surface area contributed by atoms with Crippen LogP contribution in [-0.4, -0.2) is 33.4 Å². The highest BCUT2D eigenvalue weighted by Gasteiger charge is 2.17. The zero-order valence-corrected chi connectivity index (χ0v) is 16.8. The van der Waals surface area contributed by atoms with E-state index in [1.165, 1.54) is 17.3 Å². The molecule has 0 aliphatic carbocycles. The summed E-state index contributed by atoms with van der Waals surface area (Å²) in [6, 6.07) is 13.6. The first kappa shape index (κ1) is 19.2. The number of aromatic nitrogens is 3. The fraction of sp³-hybridized carbons (Fsp3) is 0.286. The van der Waals surface area contributed by atoms with Crippen LogP contribution in [0.3, 0.4) is 0 Å². The number of hydrogen-bond acceptors (Lipinski definition) is 5. The lowest BCUT2D eigenvalue weighted by atomic mass is 10.0. The molecule has 0 saturated heterocycles. The van der Waals surface area contributed by atoms with Gasteiger partial charge in [0.2, 0.25) is 0 Å². The molecule has 1 heterocycles. The molecule has 0 fully saturated rings. The van der Waals surface area contributed by atoms with Gasteiger partial charge in [0.25, 0.3) is 0 Å². The van der Waals surface area contributed by atoms with Gasteiger partial charge in [0.05, 0.1) is 18.4 Å². The first-order valence-corrected chi connectivity index (χ1v) is 9.83. The van der Waals surface area contributed by atoms with Crippen LogP contribution in [0.15, 0.2) is 47.6 Å². The average molecular weight is 382 g/mol. The number of thioether (sulfide) groups is 1. The van der Waals surface area contributed by atoms with Gasteiger partial charge in [-0.1, -0.05) is 36.0 Å². The number of methoxy groups -OCH3 is 1. The number of nitrogens with zero attached hydrogens (tertiary/aromatic N) is 3. The minimum Gasteiger partial charge on any atom is -0.496 e. The third-order valence-corrected chi connectivity index (χ3v) is 5.51.